The lowest BCUT2D eigenvalue weighted by Gasteiger charge is -2.37. The number of nitrogens with zero attached hydrogens (tertiary/aromatic N) is 2. The second-order valence-corrected chi connectivity index (χ2v) is 3.63. The summed E-state index contributed by atoms with van der Waals surface area (Å²) in [6.07, 6.45) is 0. The predicted octanol–water partition coefficient (Wildman–Crippen LogP) is 0.301. The Balaban J connectivity index is 2.09. The molecule has 0 amide bonds. The first-order chi connectivity index (χ1) is 7.58. The van der Waals surface area contributed by atoms with Crippen LogP contribution in [0, 0.1) is 5.92 Å². The number of carbonyl (C=O) groups is 2. The summed E-state index contributed by atoms with van der Waals surface area (Å²) < 4.78 is 0. The zero-order chi connectivity index (χ0) is 11.7. The number of anilines is 1. The normalized spacial score (nSPS) is 15.6. The fourth-order valence-electron chi connectivity index (χ4n) is 1.54. The van der Waals surface area contributed by atoms with E-state index in [4.69, 9.17) is 10.2 Å². The third-order valence-corrected chi connectivity index (χ3v) is 2.51. The smallest absolute Gasteiger partial charge is 0.354 e. The van der Waals surface area contributed by atoms with Crippen LogP contribution < -0.4 is 4.90 Å². The van der Waals surface area contributed by atoms with Gasteiger partial charge in [0.15, 0.2) is 5.69 Å². The van der Waals surface area contributed by atoms with Crippen LogP contribution in [0.2, 0.25) is 0 Å². The number of carboxylic acids is 2. The van der Waals surface area contributed by atoms with Gasteiger partial charge in [0.05, 0.1) is 5.92 Å². The topological polar surface area (TPSA) is 90.7 Å². The van der Waals surface area contributed by atoms with Gasteiger partial charge in [-0.2, -0.15) is 0 Å². The molecule has 1 saturated heterocycles. The summed E-state index contributed by atoms with van der Waals surface area (Å²) >= 11 is 0. The van der Waals surface area contributed by atoms with E-state index in [1.54, 1.807) is 17.0 Å². The Morgan fingerprint density at radius 1 is 1.31 bits per heavy atom. The molecule has 2 N–H and O–H groups in total. The van der Waals surface area contributed by atoms with Crippen LogP contribution in [-0.2, 0) is 4.79 Å². The first kappa shape index (κ1) is 10.4. The average Bonchev–Trinajstić information content (AvgIpc) is 2.15. The van der Waals surface area contributed by atoms with Crippen molar-refractivity contribution in [1.29, 1.82) is 0 Å². The van der Waals surface area contributed by atoms with Crippen molar-refractivity contribution in [2.75, 3.05) is 18.0 Å². The molecule has 0 radical (unpaired) electrons. The van der Waals surface area contributed by atoms with E-state index in [1.807, 2.05) is 0 Å². The van der Waals surface area contributed by atoms with Crippen molar-refractivity contribution in [3.05, 3.63) is 23.9 Å². The number of carboxylic acid groups (broad SMARTS) is 2. The van der Waals surface area contributed by atoms with Crippen molar-refractivity contribution in [1.82, 2.24) is 4.98 Å². The number of aromatic carboxylic acids is 1. The van der Waals surface area contributed by atoms with Crippen molar-refractivity contribution < 1.29 is 19.8 Å². The van der Waals surface area contributed by atoms with Gasteiger partial charge in [0.25, 0.3) is 0 Å². The van der Waals surface area contributed by atoms with Gasteiger partial charge in [0, 0.05) is 13.1 Å². The fourth-order valence-corrected chi connectivity index (χ4v) is 1.54. The van der Waals surface area contributed by atoms with Crippen LogP contribution in [0.15, 0.2) is 18.2 Å². The van der Waals surface area contributed by atoms with E-state index >= 15 is 0 Å². The second kappa shape index (κ2) is 3.80. The van der Waals surface area contributed by atoms with Crippen LogP contribution in [0.25, 0.3) is 0 Å². The lowest BCUT2D eigenvalue weighted by Crippen LogP contribution is -2.50. The zero-order valence-electron chi connectivity index (χ0n) is 8.33. The zero-order valence-corrected chi connectivity index (χ0v) is 8.33. The predicted molar refractivity (Wildman–Crippen MR) is 54.5 cm³/mol. The molecule has 84 valence electrons. The molecule has 6 heteroatoms. The summed E-state index contributed by atoms with van der Waals surface area (Å²) in [4.78, 5) is 26.9. The van der Waals surface area contributed by atoms with E-state index in [2.05, 4.69) is 4.98 Å². The maximum atomic E-state index is 10.7. The summed E-state index contributed by atoms with van der Waals surface area (Å²) in [6.45, 7) is 0.761. The van der Waals surface area contributed by atoms with Crippen molar-refractivity contribution in [2.24, 2.45) is 5.92 Å². The molecule has 0 aromatic carbocycles. The van der Waals surface area contributed by atoms with Gasteiger partial charge < -0.3 is 15.1 Å². The van der Waals surface area contributed by atoms with Gasteiger partial charge in [0.2, 0.25) is 0 Å². The van der Waals surface area contributed by atoms with E-state index < -0.39 is 11.9 Å². The SMILES string of the molecule is O=C(O)c1cccc(N2CC(C(=O)O)C2)n1. The summed E-state index contributed by atoms with van der Waals surface area (Å²) in [6, 6.07) is 4.67. The highest BCUT2D eigenvalue weighted by Crippen LogP contribution is 2.22. The monoisotopic (exact) mass is 222 g/mol. The first-order valence-electron chi connectivity index (χ1n) is 4.76. The molecule has 0 unspecified atom stereocenters. The lowest BCUT2D eigenvalue weighted by molar-refractivity contribution is -0.142. The van der Waals surface area contributed by atoms with Crippen molar-refractivity contribution in [3.63, 3.8) is 0 Å². The largest absolute Gasteiger partial charge is 0.481 e. The summed E-state index contributed by atoms with van der Waals surface area (Å²) in [5.41, 5.74) is -0.0312. The van der Waals surface area contributed by atoms with E-state index in [9.17, 15) is 9.59 Å². The van der Waals surface area contributed by atoms with Crippen LogP contribution in [0.3, 0.4) is 0 Å². The van der Waals surface area contributed by atoms with Crippen molar-refractivity contribution >= 4 is 17.8 Å². The molecule has 16 heavy (non-hydrogen) atoms. The molecule has 0 saturated carbocycles. The number of aliphatic carboxylic acids is 1. The van der Waals surface area contributed by atoms with E-state index in [0.717, 1.165) is 0 Å². The molecule has 0 atom stereocenters. The van der Waals surface area contributed by atoms with Crippen LogP contribution >= 0.6 is 0 Å². The molecule has 1 aliphatic heterocycles. The molecule has 1 aromatic rings. The Labute approximate surface area is 91.1 Å². The lowest BCUT2D eigenvalue weighted by atomic mass is 10.0. The standard InChI is InChI=1S/C10H10N2O4/c13-9(14)6-4-12(5-6)8-3-1-2-7(11-8)10(15)16/h1-3,6H,4-5H2,(H,13,14)(H,15,16). The molecule has 1 aliphatic rings. The van der Waals surface area contributed by atoms with Gasteiger partial charge in [-0.3, -0.25) is 4.79 Å². The second-order valence-electron chi connectivity index (χ2n) is 3.63. The molecule has 1 aromatic heterocycles. The molecular weight excluding hydrogens is 212 g/mol. The Morgan fingerprint density at radius 2 is 2.00 bits per heavy atom. The summed E-state index contributed by atoms with van der Waals surface area (Å²) in [5.74, 6) is -1.78. The molecule has 1 fully saturated rings. The first-order valence-corrected chi connectivity index (χ1v) is 4.76. The third kappa shape index (κ3) is 1.81. The number of rotatable bonds is 3. The van der Waals surface area contributed by atoms with Gasteiger partial charge in [-0.15, -0.1) is 0 Å². The van der Waals surface area contributed by atoms with Crippen LogP contribution in [0.4, 0.5) is 5.82 Å². The van der Waals surface area contributed by atoms with Gasteiger partial charge in [-0.05, 0) is 12.1 Å². The Morgan fingerprint density at radius 3 is 2.56 bits per heavy atom. The van der Waals surface area contributed by atoms with Crippen molar-refractivity contribution in [3.8, 4) is 0 Å². The minimum atomic E-state index is -1.09. The highest BCUT2D eigenvalue weighted by Gasteiger charge is 2.33. The quantitative estimate of drug-likeness (QED) is 0.764. The van der Waals surface area contributed by atoms with Crippen LogP contribution in [0.5, 0.6) is 0 Å². The van der Waals surface area contributed by atoms with Crippen LogP contribution in [-0.4, -0.2) is 40.2 Å². The Kier molecular flexibility index (Phi) is 2.47. The fraction of sp³-hybridized carbons (Fsp3) is 0.300. The maximum absolute atomic E-state index is 10.7. The van der Waals surface area contributed by atoms with E-state index in [-0.39, 0.29) is 11.6 Å². The third-order valence-electron chi connectivity index (χ3n) is 2.51. The molecule has 6 nitrogen and oxygen atoms in total. The molecule has 0 bridgehead atoms. The maximum Gasteiger partial charge on any atom is 0.354 e. The molecule has 0 spiro atoms. The summed E-state index contributed by atoms with van der Waals surface area (Å²) in [7, 11) is 0. The molecule has 2 heterocycles. The van der Waals surface area contributed by atoms with E-state index in [1.165, 1.54) is 6.07 Å². The minimum Gasteiger partial charge on any atom is -0.481 e. The van der Waals surface area contributed by atoms with Gasteiger partial charge in [0.1, 0.15) is 5.82 Å². The number of hydrogen-bond donors (Lipinski definition) is 2. The molecular formula is C10H10N2O4. The number of aromatic nitrogens is 1. The molecule has 2 rings (SSSR count). The minimum absolute atomic E-state index is 0.0312. The average molecular weight is 222 g/mol. The Hall–Kier alpha value is -2.11. The van der Waals surface area contributed by atoms with Gasteiger partial charge in [-0.25, -0.2) is 9.78 Å². The van der Waals surface area contributed by atoms with Crippen LogP contribution in [0.1, 0.15) is 10.5 Å². The number of pyridine rings is 1. The highest BCUT2D eigenvalue weighted by atomic mass is 16.4. The molecule has 0 aliphatic carbocycles. The van der Waals surface area contributed by atoms with E-state index in [0.29, 0.717) is 18.9 Å². The Bertz CT molecular complexity index is 440. The number of hydrogen-bond acceptors (Lipinski definition) is 4. The van der Waals surface area contributed by atoms with Gasteiger partial charge in [-0.1, -0.05) is 6.07 Å². The van der Waals surface area contributed by atoms with Gasteiger partial charge >= 0.3 is 11.9 Å². The van der Waals surface area contributed by atoms with Crippen molar-refractivity contribution in [2.45, 2.75) is 0 Å². The highest BCUT2D eigenvalue weighted by molar-refractivity contribution is 5.85. The summed E-state index contributed by atoms with van der Waals surface area (Å²) in [5, 5.41) is 17.4.